The van der Waals surface area contributed by atoms with Crippen molar-refractivity contribution in [3.63, 3.8) is 0 Å². The first-order valence-corrected chi connectivity index (χ1v) is 13.8. The number of ether oxygens (including phenoxy) is 1. The van der Waals surface area contributed by atoms with Crippen LogP contribution in [0.5, 0.6) is 5.75 Å². The van der Waals surface area contributed by atoms with Crippen LogP contribution in [0.3, 0.4) is 0 Å². The highest BCUT2D eigenvalue weighted by molar-refractivity contribution is 7.00. The number of esters is 1. The lowest BCUT2D eigenvalue weighted by molar-refractivity contribution is 0.0526. The molecule has 34 heavy (non-hydrogen) atoms. The van der Waals surface area contributed by atoms with Crippen LogP contribution in [-0.4, -0.2) is 20.9 Å². The molecule has 3 nitrogen and oxygen atoms in total. The Morgan fingerprint density at radius 1 is 0.853 bits per heavy atom. The number of carbonyl (C=O) groups is 1. The van der Waals surface area contributed by atoms with Crippen LogP contribution < -0.4 is 14.8 Å². The average Bonchev–Trinajstić information content (AvgIpc) is 2.82. The zero-order chi connectivity index (χ0) is 24.3. The van der Waals surface area contributed by atoms with Gasteiger partial charge >= 0.3 is 14.3 Å². The molecule has 4 aromatic carbocycles. The maximum Gasteiger partial charge on any atom is 0.338 e. The van der Waals surface area contributed by atoms with E-state index in [2.05, 4.69) is 69.3 Å². The van der Waals surface area contributed by atoms with Crippen molar-refractivity contribution in [3.8, 4) is 5.75 Å². The maximum atomic E-state index is 12.7. The number of fused-ring (bicyclic) bond motifs is 1. The molecule has 0 aliphatic heterocycles. The lowest BCUT2D eigenvalue weighted by Gasteiger charge is -2.43. The second-order valence-corrected chi connectivity index (χ2v) is 14.0. The van der Waals surface area contributed by atoms with Gasteiger partial charge in [-0.15, -0.1) is 0 Å². The molecule has 0 heterocycles. The second-order valence-electron chi connectivity index (χ2n) is 9.33. The van der Waals surface area contributed by atoms with Crippen LogP contribution in [0.2, 0.25) is 10.1 Å². The molecule has 0 aliphatic carbocycles. The van der Waals surface area contributed by atoms with Crippen LogP contribution in [0.25, 0.3) is 10.8 Å². The Kier molecular flexibility index (Phi) is 6.83. The maximum absolute atomic E-state index is 12.7. The molecule has 0 fully saturated rings. The summed E-state index contributed by atoms with van der Waals surface area (Å²) in [4.78, 5) is 12.7. The van der Waals surface area contributed by atoms with Crippen molar-refractivity contribution in [2.24, 2.45) is 0 Å². The van der Waals surface area contributed by atoms with Crippen LogP contribution in [-0.2, 0) is 4.74 Å². The van der Waals surface area contributed by atoms with Gasteiger partial charge in [0.05, 0.1) is 12.2 Å². The zero-order valence-corrected chi connectivity index (χ0v) is 21.7. The first-order valence-electron chi connectivity index (χ1n) is 11.5. The van der Waals surface area contributed by atoms with Crippen LogP contribution in [0.4, 0.5) is 0 Å². The van der Waals surface area contributed by atoms with Crippen molar-refractivity contribution in [2.45, 2.75) is 32.7 Å². The van der Waals surface area contributed by atoms with Crippen LogP contribution in [0.15, 0.2) is 91.0 Å². The number of carbonyl (C=O) groups excluding carboxylic acids is 1. The summed E-state index contributed by atoms with van der Waals surface area (Å²) < 4.78 is 12.6. The van der Waals surface area contributed by atoms with E-state index in [0.717, 1.165) is 21.1 Å². The van der Waals surface area contributed by atoms with Gasteiger partial charge in [-0.05, 0) is 58.1 Å². The van der Waals surface area contributed by atoms with Gasteiger partial charge in [-0.25, -0.2) is 4.79 Å². The highest BCUT2D eigenvalue weighted by Gasteiger charge is 2.52. The molecule has 0 saturated carbocycles. The van der Waals surface area contributed by atoms with E-state index < -0.39 is 8.32 Å². The third-order valence-electron chi connectivity index (χ3n) is 6.07. The van der Waals surface area contributed by atoms with E-state index in [1.807, 2.05) is 42.5 Å². The molecule has 174 valence electrons. The molecule has 0 N–H and O–H groups in total. The van der Waals surface area contributed by atoms with Crippen molar-refractivity contribution in [3.05, 3.63) is 102 Å². The largest absolute Gasteiger partial charge is 0.534 e. The van der Waals surface area contributed by atoms with Gasteiger partial charge in [0, 0.05) is 10.4 Å². The predicted octanol–water partition coefficient (Wildman–Crippen LogP) is 6.61. The van der Waals surface area contributed by atoms with Crippen LogP contribution >= 0.6 is 11.6 Å². The third kappa shape index (κ3) is 4.48. The SMILES string of the molecule is CCOC(=O)c1cc(O[Si](c2ccccc2)(c2ccccc2)C(C)(C)C)c2ccc(Cl)cc2c1. The minimum absolute atomic E-state index is 0.214. The number of hydrogen-bond donors (Lipinski definition) is 0. The molecule has 4 rings (SSSR count). The summed E-state index contributed by atoms with van der Waals surface area (Å²) in [5.74, 6) is 0.281. The Bertz CT molecular complexity index is 1260. The fraction of sp³-hybridized carbons (Fsp3) is 0.207. The fourth-order valence-electron chi connectivity index (χ4n) is 4.54. The molecular formula is C29H29ClO3Si. The van der Waals surface area contributed by atoms with Gasteiger partial charge in [-0.1, -0.05) is 93.0 Å². The van der Waals surface area contributed by atoms with Gasteiger partial charge in [0.1, 0.15) is 5.75 Å². The van der Waals surface area contributed by atoms with Gasteiger partial charge in [0.2, 0.25) is 0 Å². The smallest absolute Gasteiger partial charge is 0.338 e. The Hall–Kier alpha value is -3.08. The van der Waals surface area contributed by atoms with E-state index >= 15 is 0 Å². The van der Waals surface area contributed by atoms with E-state index in [1.54, 1.807) is 6.92 Å². The molecule has 0 unspecified atom stereocenters. The molecule has 0 atom stereocenters. The van der Waals surface area contributed by atoms with Gasteiger partial charge in [0.25, 0.3) is 0 Å². The normalized spacial score (nSPS) is 11.9. The first kappa shape index (κ1) is 24.1. The second kappa shape index (κ2) is 9.65. The van der Waals surface area contributed by atoms with Crippen LogP contribution in [0.1, 0.15) is 38.1 Å². The Balaban J connectivity index is 2.02. The highest BCUT2D eigenvalue weighted by Crippen LogP contribution is 2.40. The molecule has 0 aliphatic rings. The molecule has 0 saturated heterocycles. The van der Waals surface area contributed by atoms with E-state index in [-0.39, 0.29) is 11.0 Å². The summed E-state index contributed by atoms with van der Waals surface area (Å²) in [6, 6.07) is 30.2. The Labute approximate surface area is 207 Å². The highest BCUT2D eigenvalue weighted by atomic mass is 35.5. The first-order chi connectivity index (χ1) is 16.3. The monoisotopic (exact) mass is 488 g/mol. The summed E-state index contributed by atoms with van der Waals surface area (Å²) >= 11 is 6.31. The quantitative estimate of drug-likeness (QED) is 0.226. The molecule has 0 aromatic heterocycles. The summed E-state index contributed by atoms with van der Waals surface area (Å²) in [6.07, 6.45) is 0. The molecule has 0 bridgehead atoms. The van der Waals surface area contributed by atoms with Crippen molar-refractivity contribution < 1.29 is 14.0 Å². The Morgan fingerprint density at radius 3 is 1.97 bits per heavy atom. The van der Waals surface area contributed by atoms with Crippen molar-refractivity contribution in [1.82, 2.24) is 0 Å². The zero-order valence-electron chi connectivity index (χ0n) is 20.0. The standard InChI is InChI=1S/C29H29ClO3Si/c1-5-32-28(31)22-18-21-19-23(30)16-17-26(21)27(20-22)33-34(29(2,3)4,24-12-8-6-9-13-24)25-14-10-7-11-15-25/h6-20H,5H2,1-4H3. The van der Waals surface area contributed by atoms with E-state index in [1.165, 1.54) is 0 Å². The third-order valence-corrected chi connectivity index (χ3v) is 11.2. The molecule has 4 aromatic rings. The van der Waals surface area contributed by atoms with Crippen molar-refractivity contribution >= 4 is 47.0 Å². The van der Waals surface area contributed by atoms with Crippen molar-refractivity contribution in [2.75, 3.05) is 6.61 Å². The number of hydrogen-bond acceptors (Lipinski definition) is 3. The van der Waals surface area contributed by atoms with Crippen molar-refractivity contribution in [1.29, 1.82) is 0 Å². The number of halogens is 1. The Morgan fingerprint density at radius 2 is 1.44 bits per heavy atom. The molecule has 0 amide bonds. The molecule has 0 radical (unpaired) electrons. The summed E-state index contributed by atoms with van der Waals surface area (Å²) in [5, 5.41) is 4.46. The number of rotatable bonds is 6. The van der Waals surface area contributed by atoms with Gasteiger partial charge in [-0.3, -0.25) is 0 Å². The minimum atomic E-state index is -2.88. The number of benzene rings is 4. The predicted molar refractivity (Wildman–Crippen MR) is 143 cm³/mol. The van der Waals surface area contributed by atoms with Gasteiger partial charge < -0.3 is 9.16 Å². The molecule has 5 heteroatoms. The van der Waals surface area contributed by atoms with E-state index in [0.29, 0.717) is 22.9 Å². The van der Waals surface area contributed by atoms with Crippen LogP contribution in [0, 0.1) is 0 Å². The van der Waals surface area contributed by atoms with Gasteiger partial charge in [0.15, 0.2) is 0 Å². The van der Waals surface area contributed by atoms with Gasteiger partial charge in [-0.2, -0.15) is 0 Å². The average molecular weight is 489 g/mol. The van der Waals surface area contributed by atoms with E-state index in [9.17, 15) is 4.79 Å². The molecule has 0 spiro atoms. The minimum Gasteiger partial charge on any atom is -0.534 e. The summed E-state index contributed by atoms with van der Waals surface area (Å²) in [7, 11) is -2.88. The fourth-order valence-corrected chi connectivity index (χ4v) is 9.15. The lowest BCUT2D eigenvalue weighted by Crippen LogP contribution is -2.68. The lowest BCUT2D eigenvalue weighted by atomic mass is 10.1. The topological polar surface area (TPSA) is 35.5 Å². The molecular weight excluding hydrogens is 460 g/mol. The summed E-state index contributed by atoms with van der Waals surface area (Å²) in [5.41, 5.74) is 0.449. The van der Waals surface area contributed by atoms with E-state index in [4.69, 9.17) is 20.8 Å². The summed E-state index contributed by atoms with van der Waals surface area (Å²) in [6.45, 7) is 8.79.